The maximum atomic E-state index is 14.1. The van der Waals surface area contributed by atoms with E-state index in [4.69, 9.17) is 64.0 Å². The molecule has 0 aromatic heterocycles. The van der Waals surface area contributed by atoms with Gasteiger partial charge in [0.15, 0.2) is 17.5 Å². The lowest BCUT2D eigenvalue weighted by Gasteiger charge is -2.23. The van der Waals surface area contributed by atoms with E-state index in [2.05, 4.69) is 66.7 Å². The van der Waals surface area contributed by atoms with Crippen molar-refractivity contribution in [2.45, 2.75) is 96.1 Å². The quantitative estimate of drug-likeness (QED) is 0.00623. The highest BCUT2D eigenvalue weighted by Gasteiger charge is 2.28. The maximum absolute atomic E-state index is 14.1. The molecule has 0 unspecified atom stereocenters. The number of ether oxygens (including phenoxy) is 11. The number of hydrogen-bond acceptors (Lipinski definition) is 21. The van der Waals surface area contributed by atoms with Crippen LogP contribution in [0.4, 0.5) is 17.6 Å². The number of carbonyl (C=O) groups is 7. The van der Waals surface area contributed by atoms with Crippen molar-refractivity contribution in [1.82, 2.24) is 31.9 Å². The number of carbonyl (C=O) groups excluding carboxylic acids is 7. The molecule has 33 nitrogen and oxygen atoms in total. The van der Waals surface area contributed by atoms with Crippen molar-refractivity contribution in [1.29, 1.82) is 0 Å². The van der Waals surface area contributed by atoms with Crippen molar-refractivity contribution in [2.24, 2.45) is 15.3 Å². The Bertz CT molecular complexity index is 2400. The summed E-state index contributed by atoms with van der Waals surface area (Å²) in [5.74, 6) is -12.2. The molecule has 1 aromatic carbocycles. The van der Waals surface area contributed by atoms with Crippen LogP contribution in [0.25, 0.3) is 31.3 Å². The van der Waals surface area contributed by atoms with Gasteiger partial charge in [-0.2, -0.15) is 4.39 Å². The van der Waals surface area contributed by atoms with Crippen LogP contribution >= 0.6 is 0 Å². The van der Waals surface area contributed by atoms with E-state index in [0.717, 1.165) is 6.92 Å². The molecule has 520 valence electrons. The zero-order valence-electron chi connectivity index (χ0n) is 52.1. The Morgan fingerprint density at radius 1 is 0.380 bits per heavy atom. The standard InChI is InChI=1S/C55H89F4N15O18/c1-41-49(56)51(58)52(59)53(50(41)57)92-48(79)13-24-85-32-37-90-39-40-91-38-36-86-25-17-66-54(80)42(7-2-4-14-63-44(75)10-21-82-29-33-87-26-18-67-72-60)71-55(81)43(8-3-5-15-64-45(76)11-22-83-30-34-88-27-19-68-73-61)70-47(78)9-6-16-65-46(77)12-23-84-31-35-89-28-20-69-74-62/h42-43H,2-40H2,1H3,(H,63,75)(H,64,76)(H,65,77)(H,66,80)(H,70,78)(H,71,81)/t42-,43-/m0/s1. The van der Waals surface area contributed by atoms with Gasteiger partial charge in [-0.3, -0.25) is 33.6 Å². The monoisotopic (exact) mass is 1320 g/mol. The normalized spacial score (nSPS) is 11.5. The Balaban J connectivity index is 2.79. The molecule has 6 N–H and O–H groups in total. The molecule has 0 spiro atoms. The molecule has 1 rings (SSSR count). The number of nitrogens with one attached hydrogen (secondary N) is 6. The van der Waals surface area contributed by atoms with Gasteiger partial charge in [-0.15, -0.1) is 0 Å². The van der Waals surface area contributed by atoms with Gasteiger partial charge >= 0.3 is 5.97 Å². The molecule has 0 radical (unpaired) electrons. The summed E-state index contributed by atoms with van der Waals surface area (Å²) in [6, 6.07) is -2.20. The largest absolute Gasteiger partial charge is 0.420 e. The molecule has 0 saturated carbocycles. The van der Waals surface area contributed by atoms with Gasteiger partial charge in [0, 0.05) is 91.8 Å². The zero-order valence-corrected chi connectivity index (χ0v) is 52.1. The van der Waals surface area contributed by atoms with Crippen LogP contribution in [0.5, 0.6) is 5.75 Å². The first-order chi connectivity index (χ1) is 44.7. The minimum absolute atomic E-state index is 0.0311. The lowest BCUT2D eigenvalue weighted by molar-refractivity contribution is -0.136. The lowest BCUT2D eigenvalue weighted by atomic mass is 10.0. The van der Waals surface area contributed by atoms with E-state index in [0.29, 0.717) is 25.7 Å². The van der Waals surface area contributed by atoms with Crippen molar-refractivity contribution in [2.75, 3.05) is 178 Å². The van der Waals surface area contributed by atoms with Crippen LogP contribution in [0.2, 0.25) is 0 Å². The van der Waals surface area contributed by atoms with Gasteiger partial charge in [0.25, 0.3) is 0 Å². The van der Waals surface area contributed by atoms with Gasteiger partial charge in [0.2, 0.25) is 47.0 Å². The number of unbranched alkanes of at least 4 members (excludes halogenated alkanes) is 2. The highest BCUT2D eigenvalue weighted by molar-refractivity contribution is 5.92. The first-order valence-corrected chi connectivity index (χ1v) is 30.2. The molecule has 0 aliphatic carbocycles. The Labute approximate surface area is 530 Å². The number of hydrogen-bond donors (Lipinski definition) is 6. The first kappa shape index (κ1) is 82.8. The van der Waals surface area contributed by atoms with Crippen LogP contribution in [-0.4, -0.2) is 231 Å². The van der Waals surface area contributed by atoms with E-state index in [9.17, 15) is 51.1 Å². The fourth-order valence-corrected chi connectivity index (χ4v) is 7.40. The molecule has 2 atom stereocenters. The SMILES string of the molecule is Cc1c(F)c(F)c(F)c(OC(=O)CCOCCOCCOCCOCCNC(=O)[C@H](CCCCNC(=O)CCOCCOCCN=[N+]=[N-])NC(=O)[C@H](CCCCNC(=O)CCOCCOCCN=[N+]=[N-])NC(=O)CCCNC(=O)CCOCCOCCN=[N+]=[N-])c1F. The van der Waals surface area contributed by atoms with Crippen molar-refractivity contribution < 1.29 is 103 Å². The second kappa shape index (κ2) is 57.6. The van der Waals surface area contributed by atoms with E-state index in [1.54, 1.807) is 0 Å². The molecule has 92 heavy (non-hydrogen) atoms. The third-order valence-electron chi connectivity index (χ3n) is 12.2. The molecular formula is C55H89F4N15O18. The van der Waals surface area contributed by atoms with Crippen molar-refractivity contribution in [3.63, 3.8) is 0 Å². The van der Waals surface area contributed by atoms with Crippen LogP contribution in [0.1, 0.15) is 82.6 Å². The number of halogens is 4. The van der Waals surface area contributed by atoms with E-state index >= 15 is 0 Å². The molecule has 0 aliphatic heterocycles. The Morgan fingerprint density at radius 2 is 0.750 bits per heavy atom. The van der Waals surface area contributed by atoms with Gasteiger partial charge in [0.05, 0.1) is 139 Å². The summed E-state index contributed by atoms with van der Waals surface area (Å²) >= 11 is 0. The van der Waals surface area contributed by atoms with Crippen molar-refractivity contribution in [3.05, 3.63) is 60.2 Å². The number of amides is 6. The summed E-state index contributed by atoms with van der Waals surface area (Å²) in [7, 11) is 0. The average molecular weight is 1320 g/mol. The highest BCUT2D eigenvalue weighted by atomic mass is 19.2. The number of esters is 1. The highest BCUT2D eigenvalue weighted by Crippen LogP contribution is 2.30. The van der Waals surface area contributed by atoms with Crippen LogP contribution in [0, 0.1) is 30.2 Å². The second-order valence-corrected chi connectivity index (χ2v) is 19.3. The lowest BCUT2D eigenvalue weighted by Crippen LogP contribution is -2.54. The molecule has 0 saturated heterocycles. The molecule has 1 aromatic rings. The number of benzene rings is 1. The molecule has 0 aliphatic rings. The summed E-state index contributed by atoms with van der Waals surface area (Å²) in [6.07, 6.45) is 1.79. The second-order valence-electron chi connectivity index (χ2n) is 19.3. The summed E-state index contributed by atoms with van der Waals surface area (Å²) in [5, 5.41) is 26.7. The number of azide groups is 3. The van der Waals surface area contributed by atoms with E-state index < -0.39 is 76.8 Å². The van der Waals surface area contributed by atoms with Gasteiger partial charge in [0.1, 0.15) is 12.1 Å². The van der Waals surface area contributed by atoms with Crippen LogP contribution in [0.3, 0.4) is 0 Å². The zero-order chi connectivity index (χ0) is 67.5. The predicted molar refractivity (Wildman–Crippen MR) is 318 cm³/mol. The third kappa shape index (κ3) is 45.1. The summed E-state index contributed by atoms with van der Waals surface area (Å²) < 4.78 is 113. The summed E-state index contributed by atoms with van der Waals surface area (Å²) in [4.78, 5) is 98.3. The van der Waals surface area contributed by atoms with Crippen molar-refractivity contribution in [3.8, 4) is 5.75 Å². The maximum Gasteiger partial charge on any atom is 0.313 e. The minimum atomic E-state index is -1.97. The molecular weight excluding hydrogens is 1230 g/mol. The van der Waals surface area contributed by atoms with Gasteiger partial charge in [-0.05, 0) is 68.5 Å². The fourth-order valence-electron chi connectivity index (χ4n) is 7.40. The van der Waals surface area contributed by atoms with Gasteiger partial charge < -0.3 is 84.0 Å². The third-order valence-corrected chi connectivity index (χ3v) is 12.2. The van der Waals surface area contributed by atoms with Crippen LogP contribution in [0.15, 0.2) is 15.3 Å². The Morgan fingerprint density at radius 3 is 1.17 bits per heavy atom. The van der Waals surface area contributed by atoms with Gasteiger partial charge in [-0.1, -0.05) is 15.3 Å². The van der Waals surface area contributed by atoms with E-state index in [-0.39, 0.29) is 241 Å². The average Bonchev–Trinajstić information content (AvgIpc) is 0.884. The Hall–Kier alpha value is -7.24. The first-order valence-electron chi connectivity index (χ1n) is 30.2. The summed E-state index contributed by atoms with van der Waals surface area (Å²) in [6.45, 7) is 5.32. The minimum Gasteiger partial charge on any atom is -0.420 e. The predicted octanol–water partition coefficient (Wildman–Crippen LogP) is 3.67. The smallest absolute Gasteiger partial charge is 0.313 e. The molecule has 6 amide bonds. The number of rotatable bonds is 61. The van der Waals surface area contributed by atoms with E-state index in [1.165, 1.54) is 0 Å². The molecule has 0 fully saturated rings. The molecule has 37 heteroatoms. The molecule has 0 bridgehead atoms. The number of nitrogens with zero attached hydrogens (tertiary/aromatic N) is 9. The Kier molecular flexibility index (Phi) is 51.9. The van der Waals surface area contributed by atoms with Crippen LogP contribution < -0.4 is 36.6 Å². The summed E-state index contributed by atoms with van der Waals surface area (Å²) in [5.41, 5.74) is 24.1. The van der Waals surface area contributed by atoms with Gasteiger partial charge in [-0.25, -0.2) is 13.2 Å². The molecule has 0 heterocycles. The fraction of sp³-hybridized carbons (Fsp3) is 0.764. The van der Waals surface area contributed by atoms with Crippen LogP contribution in [-0.2, 0) is 80.9 Å². The topological polar surface area (TPSA) is 439 Å². The van der Waals surface area contributed by atoms with Crippen molar-refractivity contribution >= 4 is 41.4 Å². The van der Waals surface area contributed by atoms with E-state index in [1.807, 2.05) is 0 Å².